The molecule has 4 rings (SSSR count). The third-order valence-corrected chi connectivity index (χ3v) is 3.95. The molecule has 0 spiro atoms. The van der Waals surface area contributed by atoms with Crippen LogP contribution < -0.4 is 5.56 Å². The third-order valence-electron chi connectivity index (χ3n) is 3.95. The molecule has 4 aromatic rings. The van der Waals surface area contributed by atoms with Crippen molar-refractivity contribution in [3.8, 4) is 17.1 Å². The fraction of sp³-hybridized carbons (Fsp3) is 0. The van der Waals surface area contributed by atoms with E-state index in [1.807, 2.05) is 30.3 Å². The highest BCUT2D eigenvalue weighted by Gasteiger charge is 2.13. The summed E-state index contributed by atoms with van der Waals surface area (Å²) in [4.78, 5) is 17.3. The van der Waals surface area contributed by atoms with Crippen LogP contribution in [0.2, 0.25) is 0 Å². The highest BCUT2D eigenvalue weighted by Crippen LogP contribution is 2.24. The van der Waals surface area contributed by atoms with Gasteiger partial charge in [0.25, 0.3) is 5.56 Å². The van der Waals surface area contributed by atoms with E-state index in [4.69, 9.17) is 0 Å². The fourth-order valence-electron chi connectivity index (χ4n) is 2.81. The van der Waals surface area contributed by atoms with Gasteiger partial charge in [0.2, 0.25) is 0 Å². The fourth-order valence-corrected chi connectivity index (χ4v) is 2.81. The van der Waals surface area contributed by atoms with E-state index in [-0.39, 0.29) is 11.4 Å². The van der Waals surface area contributed by atoms with E-state index < -0.39 is 0 Å². The Bertz CT molecular complexity index is 1070. The number of fused-ring (bicyclic) bond motifs is 1. The maximum absolute atomic E-state index is 13.3. The number of rotatable bonds is 2. The zero-order valence-corrected chi connectivity index (χ0v) is 12.7. The molecule has 0 saturated carbocycles. The molecule has 0 N–H and O–H groups in total. The average molecular weight is 316 g/mol. The molecule has 0 amide bonds. The van der Waals surface area contributed by atoms with Crippen LogP contribution in [-0.4, -0.2) is 9.55 Å². The number of nitrogens with zero attached hydrogens (tertiary/aromatic N) is 2. The lowest BCUT2D eigenvalue weighted by atomic mass is 10.1. The molecular weight excluding hydrogens is 303 g/mol. The van der Waals surface area contributed by atoms with Gasteiger partial charge in [-0.3, -0.25) is 9.36 Å². The standard InChI is InChI=1S/C20H13FN2O/c21-16-10-8-14(9-11-16)18-13-15-5-1-2-6-17(15)20(24)23(18)19-7-3-4-12-22-19/h1-13H. The second-order valence-corrected chi connectivity index (χ2v) is 5.45. The second kappa shape index (κ2) is 5.74. The van der Waals surface area contributed by atoms with Crippen LogP contribution in [0.15, 0.2) is 83.8 Å². The van der Waals surface area contributed by atoms with Crippen molar-refractivity contribution in [1.29, 1.82) is 0 Å². The van der Waals surface area contributed by atoms with Gasteiger partial charge in [0.05, 0.1) is 5.69 Å². The van der Waals surface area contributed by atoms with E-state index in [9.17, 15) is 9.18 Å². The monoisotopic (exact) mass is 316 g/mol. The van der Waals surface area contributed by atoms with Crippen molar-refractivity contribution in [1.82, 2.24) is 9.55 Å². The van der Waals surface area contributed by atoms with Crippen LogP contribution >= 0.6 is 0 Å². The molecule has 2 aromatic heterocycles. The molecule has 0 saturated heterocycles. The predicted octanol–water partition coefficient (Wildman–Crippen LogP) is 4.19. The maximum Gasteiger partial charge on any atom is 0.264 e. The maximum atomic E-state index is 13.3. The summed E-state index contributed by atoms with van der Waals surface area (Å²) < 4.78 is 14.8. The van der Waals surface area contributed by atoms with Gasteiger partial charge in [0.15, 0.2) is 0 Å². The first-order valence-electron chi connectivity index (χ1n) is 7.56. The molecule has 0 aliphatic carbocycles. The smallest absolute Gasteiger partial charge is 0.264 e. The van der Waals surface area contributed by atoms with Gasteiger partial charge in [0.1, 0.15) is 11.6 Å². The summed E-state index contributed by atoms with van der Waals surface area (Å²) in [5.74, 6) is 0.221. The van der Waals surface area contributed by atoms with Crippen molar-refractivity contribution in [2.75, 3.05) is 0 Å². The van der Waals surface area contributed by atoms with E-state index in [1.165, 1.54) is 12.1 Å². The lowest BCUT2D eigenvalue weighted by Crippen LogP contribution is -2.21. The molecule has 0 unspecified atom stereocenters. The van der Waals surface area contributed by atoms with Gasteiger partial charge in [-0.1, -0.05) is 24.3 Å². The summed E-state index contributed by atoms with van der Waals surface area (Å²) in [6.45, 7) is 0. The van der Waals surface area contributed by atoms with Crippen LogP contribution in [0, 0.1) is 5.82 Å². The van der Waals surface area contributed by atoms with Crippen LogP contribution in [-0.2, 0) is 0 Å². The van der Waals surface area contributed by atoms with E-state index in [2.05, 4.69) is 4.98 Å². The summed E-state index contributed by atoms with van der Waals surface area (Å²) in [5.41, 5.74) is 1.29. The van der Waals surface area contributed by atoms with Gasteiger partial charge in [-0.05, 0) is 59.5 Å². The lowest BCUT2D eigenvalue weighted by Gasteiger charge is -2.14. The molecule has 0 aliphatic heterocycles. The largest absolute Gasteiger partial charge is 0.268 e. The third kappa shape index (κ3) is 2.38. The van der Waals surface area contributed by atoms with E-state index in [0.717, 1.165) is 10.9 Å². The molecule has 2 heterocycles. The van der Waals surface area contributed by atoms with Crippen molar-refractivity contribution in [2.45, 2.75) is 0 Å². The number of pyridine rings is 2. The first kappa shape index (κ1) is 14.3. The predicted molar refractivity (Wildman–Crippen MR) is 92.7 cm³/mol. The Morgan fingerprint density at radius 3 is 2.38 bits per heavy atom. The first-order chi connectivity index (χ1) is 11.7. The first-order valence-corrected chi connectivity index (χ1v) is 7.56. The Morgan fingerprint density at radius 1 is 0.875 bits per heavy atom. The number of hydrogen-bond donors (Lipinski definition) is 0. The van der Waals surface area contributed by atoms with Crippen molar-refractivity contribution in [3.05, 3.63) is 95.2 Å². The van der Waals surface area contributed by atoms with E-state index in [1.54, 1.807) is 41.1 Å². The van der Waals surface area contributed by atoms with Crippen LogP contribution in [0.5, 0.6) is 0 Å². The summed E-state index contributed by atoms with van der Waals surface area (Å²) in [6, 6.07) is 20.9. The molecule has 0 aliphatic rings. The molecule has 0 bridgehead atoms. The van der Waals surface area contributed by atoms with Gasteiger partial charge >= 0.3 is 0 Å². The summed E-state index contributed by atoms with van der Waals surface area (Å²) in [6.07, 6.45) is 1.64. The molecule has 0 fully saturated rings. The van der Waals surface area contributed by atoms with Gasteiger partial charge in [-0.25, -0.2) is 9.37 Å². The van der Waals surface area contributed by atoms with Crippen LogP contribution in [0.3, 0.4) is 0 Å². The van der Waals surface area contributed by atoms with Gasteiger partial charge < -0.3 is 0 Å². The SMILES string of the molecule is O=c1c2ccccc2cc(-c2ccc(F)cc2)n1-c1ccccn1. The van der Waals surface area contributed by atoms with Crippen molar-refractivity contribution >= 4 is 10.8 Å². The zero-order chi connectivity index (χ0) is 16.5. The Hall–Kier alpha value is -3.27. The van der Waals surface area contributed by atoms with Gasteiger partial charge in [-0.15, -0.1) is 0 Å². The van der Waals surface area contributed by atoms with Crippen LogP contribution in [0.4, 0.5) is 4.39 Å². The van der Waals surface area contributed by atoms with Crippen LogP contribution in [0.1, 0.15) is 0 Å². The van der Waals surface area contributed by atoms with Crippen molar-refractivity contribution < 1.29 is 4.39 Å². The molecule has 4 heteroatoms. The Kier molecular flexibility index (Phi) is 3.43. The minimum Gasteiger partial charge on any atom is -0.268 e. The zero-order valence-electron chi connectivity index (χ0n) is 12.7. The van der Waals surface area contributed by atoms with Crippen LogP contribution in [0.25, 0.3) is 27.8 Å². The number of benzene rings is 2. The Balaban J connectivity index is 2.11. The number of hydrogen-bond acceptors (Lipinski definition) is 2. The minimum absolute atomic E-state index is 0.147. The Labute approximate surface area is 137 Å². The molecule has 0 radical (unpaired) electrons. The highest BCUT2D eigenvalue weighted by atomic mass is 19.1. The molecule has 2 aromatic carbocycles. The number of aromatic nitrogens is 2. The van der Waals surface area contributed by atoms with E-state index >= 15 is 0 Å². The second-order valence-electron chi connectivity index (χ2n) is 5.45. The molecule has 116 valence electrons. The van der Waals surface area contributed by atoms with Crippen molar-refractivity contribution in [2.24, 2.45) is 0 Å². The number of halogens is 1. The minimum atomic E-state index is -0.314. The lowest BCUT2D eigenvalue weighted by molar-refractivity contribution is 0.628. The summed E-state index contributed by atoms with van der Waals surface area (Å²) in [5, 5.41) is 1.46. The summed E-state index contributed by atoms with van der Waals surface area (Å²) in [7, 11) is 0. The molecule has 3 nitrogen and oxygen atoms in total. The molecular formula is C20H13FN2O. The normalized spacial score (nSPS) is 10.9. The van der Waals surface area contributed by atoms with Gasteiger partial charge in [-0.2, -0.15) is 0 Å². The summed E-state index contributed by atoms with van der Waals surface area (Å²) >= 11 is 0. The van der Waals surface area contributed by atoms with E-state index in [0.29, 0.717) is 16.9 Å². The van der Waals surface area contributed by atoms with Crippen molar-refractivity contribution in [3.63, 3.8) is 0 Å². The molecule has 24 heavy (non-hydrogen) atoms. The topological polar surface area (TPSA) is 34.9 Å². The average Bonchev–Trinajstić information content (AvgIpc) is 2.63. The highest BCUT2D eigenvalue weighted by molar-refractivity contribution is 5.86. The quantitative estimate of drug-likeness (QED) is 0.556. The Morgan fingerprint density at radius 2 is 1.62 bits per heavy atom. The molecule has 0 atom stereocenters. The van der Waals surface area contributed by atoms with Gasteiger partial charge in [0, 0.05) is 11.6 Å².